The zero-order valence-corrected chi connectivity index (χ0v) is 25.8. The van der Waals surface area contributed by atoms with Crippen molar-refractivity contribution >= 4 is 34.6 Å². The van der Waals surface area contributed by atoms with E-state index in [4.69, 9.17) is 9.47 Å². The third-order valence-electron chi connectivity index (χ3n) is 7.95. The molecule has 2 aromatic rings. The first-order chi connectivity index (χ1) is 20.0. The molecule has 0 aromatic heterocycles. The topological polar surface area (TPSA) is 134 Å². The van der Waals surface area contributed by atoms with Gasteiger partial charge in [0.1, 0.15) is 23.2 Å². The summed E-state index contributed by atoms with van der Waals surface area (Å²) in [5, 5.41) is 17.4. The van der Waals surface area contributed by atoms with E-state index in [9.17, 15) is 24.3 Å². The molecule has 2 aromatic carbocycles. The molecule has 5 unspecified atom stereocenters. The fourth-order valence-corrected chi connectivity index (χ4v) is 5.51. The van der Waals surface area contributed by atoms with Gasteiger partial charge in [0.15, 0.2) is 0 Å². The lowest BCUT2D eigenvalue weighted by Crippen LogP contribution is -2.59. The normalized spacial score (nSPS) is 24.2. The lowest BCUT2D eigenvalue weighted by atomic mass is 9.85. The fraction of sp³-hybridized carbons (Fsp3) is 0.515. The zero-order chi connectivity index (χ0) is 31.7. The van der Waals surface area contributed by atoms with Crippen LogP contribution in [0.15, 0.2) is 55.1 Å². The van der Waals surface area contributed by atoms with Crippen LogP contribution < -0.4 is 10.6 Å². The molecule has 0 spiro atoms. The number of hydrogen-bond acceptors (Lipinski definition) is 6. The SMILES string of the molecule is C=CC1CC1(NC(=O)C1CC(OCc2ccc3ccccc3c2)CN1C(=O)C(NC(=O)OC(C)(C)C)C(C)(C)C)C(=O)O. The van der Waals surface area contributed by atoms with Gasteiger partial charge in [0.05, 0.1) is 12.7 Å². The van der Waals surface area contributed by atoms with E-state index in [1.54, 1.807) is 20.8 Å². The smallest absolute Gasteiger partial charge is 0.408 e. The van der Waals surface area contributed by atoms with Gasteiger partial charge in [0.25, 0.3) is 0 Å². The molecule has 43 heavy (non-hydrogen) atoms. The summed E-state index contributed by atoms with van der Waals surface area (Å²) in [6.07, 6.45) is 0.667. The highest BCUT2D eigenvalue weighted by atomic mass is 16.6. The van der Waals surface area contributed by atoms with Crippen LogP contribution in [0.2, 0.25) is 0 Å². The molecule has 10 heteroatoms. The second kappa shape index (κ2) is 12.0. The zero-order valence-electron chi connectivity index (χ0n) is 25.8. The molecule has 2 aliphatic rings. The first kappa shape index (κ1) is 32.0. The van der Waals surface area contributed by atoms with Gasteiger partial charge in [0, 0.05) is 18.9 Å². The molecule has 0 radical (unpaired) electrons. The minimum Gasteiger partial charge on any atom is -0.479 e. The summed E-state index contributed by atoms with van der Waals surface area (Å²) in [4.78, 5) is 54.0. The van der Waals surface area contributed by atoms with Gasteiger partial charge >= 0.3 is 12.1 Å². The van der Waals surface area contributed by atoms with Gasteiger partial charge in [-0.3, -0.25) is 9.59 Å². The molecule has 1 aliphatic carbocycles. The maximum Gasteiger partial charge on any atom is 0.408 e. The number of ether oxygens (including phenoxy) is 2. The molecule has 3 amide bonds. The van der Waals surface area contributed by atoms with Gasteiger partial charge in [-0.1, -0.05) is 63.2 Å². The van der Waals surface area contributed by atoms with Crippen molar-refractivity contribution in [3.63, 3.8) is 0 Å². The van der Waals surface area contributed by atoms with Crippen LogP contribution in [0, 0.1) is 11.3 Å². The highest BCUT2D eigenvalue weighted by molar-refractivity contribution is 5.96. The molecule has 232 valence electrons. The highest BCUT2D eigenvalue weighted by Gasteiger charge is 2.61. The number of hydrogen-bond donors (Lipinski definition) is 3. The summed E-state index contributed by atoms with van der Waals surface area (Å²) in [5.41, 5.74) is -2.01. The predicted octanol–water partition coefficient (Wildman–Crippen LogP) is 4.41. The number of aliphatic carboxylic acids is 1. The van der Waals surface area contributed by atoms with Crippen LogP contribution in [0.1, 0.15) is 59.9 Å². The Morgan fingerprint density at radius 3 is 2.35 bits per heavy atom. The van der Waals surface area contributed by atoms with Crippen molar-refractivity contribution in [2.75, 3.05) is 6.54 Å². The number of amides is 3. The van der Waals surface area contributed by atoms with Crippen molar-refractivity contribution in [2.45, 2.75) is 90.3 Å². The summed E-state index contributed by atoms with van der Waals surface area (Å²) in [7, 11) is 0. The highest BCUT2D eigenvalue weighted by Crippen LogP contribution is 2.45. The van der Waals surface area contributed by atoms with Crippen LogP contribution in [0.25, 0.3) is 10.8 Å². The fourth-order valence-electron chi connectivity index (χ4n) is 5.51. The molecule has 3 N–H and O–H groups in total. The van der Waals surface area contributed by atoms with E-state index in [2.05, 4.69) is 17.2 Å². The third kappa shape index (κ3) is 7.36. The lowest BCUT2D eigenvalue weighted by Gasteiger charge is -2.36. The predicted molar refractivity (Wildman–Crippen MR) is 162 cm³/mol. The Morgan fingerprint density at radius 1 is 1.09 bits per heavy atom. The summed E-state index contributed by atoms with van der Waals surface area (Å²) in [6, 6.07) is 12.0. The van der Waals surface area contributed by atoms with Gasteiger partial charge in [-0.05, 0) is 55.0 Å². The number of carbonyl (C=O) groups excluding carboxylic acids is 3. The minimum atomic E-state index is -1.45. The second-order valence-corrected chi connectivity index (χ2v) is 13.6. The molecule has 10 nitrogen and oxygen atoms in total. The Kier molecular flexibility index (Phi) is 8.92. The molecule has 1 saturated heterocycles. The number of carbonyl (C=O) groups is 4. The molecule has 4 rings (SSSR count). The van der Waals surface area contributed by atoms with Crippen LogP contribution in [-0.4, -0.2) is 69.8 Å². The van der Waals surface area contributed by atoms with Gasteiger partial charge < -0.3 is 30.1 Å². The van der Waals surface area contributed by atoms with Crippen LogP contribution in [0.4, 0.5) is 4.79 Å². The van der Waals surface area contributed by atoms with E-state index in [0.717, 1.165) is 16.3 Å². The average molecular weight is 594 g/mol. The van der Waals surface area contributed by atoms with Crippen LogP contribution in [0.5, 0.6) is 0 Å². The maximum absolute atomic E-state index is 14.1. The molecule has 2 fully saturated rings. The van der Waals surface area contributed by atoms with Crippen molar-refractivity contribution < 1.29 is 33.8 Å². The minimum absolute atomic E-state index is 0.0953. The van der Waals surface area contributed by atoms with Crippen LogP contribution in [-0.2, 0) is 30.5 Å². The van der Waals surface area contributed by atoms with Crippen molar-refractivity contribution in [1.29, 1.82) is 0 Å². The number of benzene rings is 2. The van der Waals surface area contributed by atoms with Crippen LogP contribution in [0.3, 0.4) is 0 Å². The largest absolute Gasteiger partial charge is 0.479 e. The van der Waals surface area contributed by atoms with Crippen LogP contribution >= 0.6 is 0 Å². The third-order valence-corrected chi connectivity index (χ3v) is 7.95. The van der Waals surface area contributed by atoms with Gasteiger partial charge in [0.2, 0.25) is 11.8 Å². The lowest BCUT2D eigenvalue weighted by molar-refractivity contribution is -0.146. The Balaban J connectivity index is 1.56. The summed E-state index contributed by atoms with van der Waals surface area (Å²) in [5.74, 6) is -2.61. The standard InChI is InChI=1S/C33H43N3O7/c1-8-23-17-33(23,29(39)40)35-27(37)25-16-24(42-19-20-13-14-21-11-9-10-12-22(21)15-20)18-36(25)28(38)26(31(2,3)4)34-30(41)43-32(5,6)7/h8-15,23-26H,1,16-19H2,2-7H3,(H,34,41)(H,35,37)(H,39,40). The van der Waals surface area contributed by atoms with Gasteiger partial charge in [-0.2, -0.15) is 0 Å². The Labute approximate surface area is 252 Å². The summed E-state index contributed by atoms with van der Waals surface area (Å²) < 4.78 is 11.6. The average Bonchev–Trinajstić information content (AvgIpc) is 3.47. The monoisotopic (exact) mass is 593 g/mol. The molecule has 1 saturated carbocycles. The molecule has 0 bridgehead atoms. The van der Waals surface area contributed by atoms with Crippen molar-refractivity contribution in [1.82, 2.24) is 15.5 Å². The van der Waals surface area contributed by atoms with Gasteiger partial charge in [-0.25, -0.2) is 9.59 Å². The molecule has 5 atom stereocenters. The Morgan fingerprint density at radius 2 is 1.77 bits per heavy atom. The maximum atomic E-state index is 14.1. The van der Waals surface area contributed by atoms with E-state index in [0.29, 0.717) is 0 Å². The van der Waals surface area contributed by atoms with Crippen molar-refractivity contribution in [3.8, 4) is 0 Å². The molecule has 1 heterocycles. The molecular formula is C33H43N3O7. The number of nitrogens with one attached hydrogen (secondary N) is 2. The number of fused-ring (bicyclic) bond motifs is 1. The van der Waals surface area contributed by atoms with E-state index in [1.807, 2.05) is 63.2 Å². The number of likely N-dealkylation sites (tertiary alicyclic amines) is 1. The first-order valence-electron chi connectivity index (χ1n) is 14.6. The molecule has 1 aliphatic heterocycles. The number of rotatable bonds is 9. The van der Waals surface area contributed by atoms with E-state index in [1.165, 1.54) is 11.0 Å². The second-order valence-electron chi connectivity index (χ2n) is 13.6. The van der Waals surface area contributed by atoms with E-state index >= 15 is 0 Å². The van der Waals surface area contributed by atoms with Gasteiger partial charge in [-0.15, -0.1) is 6.58 Å². The van der Waals surface area contributed by atoms with E-state index < -0.39 is 64.5 Å². The van der Waals surface area contributed by atoms with E-state index in [-0.39, 0.29) is 26.0 Å². The Hall–Kier alpha value is -3.92. The number of nitrogens with zero attached hydrogens (tertiary/aromatic N) is 1. The Bertz CT molecular complexity index is 1410. The number of carboxylic acid groups (broad SMARTS) is 1. The number of carboxylic acids is 1. The first-order valence-corrected chi connectivity index (χ1v) is 14.6. The summed E-state index contributed by atoms with van der Waals surface area (Å²) >= 11 is 0. The van der Waals surface area contributed by atoms with Crippen molar-refractivity contribution in [3.05, 3.63) is 60.7 Å². The molecular weight excluding hydrogens is 550 g/mol. The summed E-state index contributed by atoms with van der Waals surface area (Å²) in [6.45, 7) is 14.7. The number of alkyl carbamates (subject to hydrolysis) is 1. The van der Waals surface area contributed by atoms with Crippen molar-refractivity contribution in [2.24, 2.45) is 11.3 Å². The quantitative estimate of drug-likeness (QED) is 0.367.